The molecule has 0 fully saturated rings. The van der Waals surface area contributed by atoms with Crippen molar-refractivity contribution < 1.29 is 14.3 Å². The molecule has 0 radical (unpaired) electrons. The van der Waals surface area contributed by atoms with Crippen LogP contribution in [0.5, 0.6) is 0 Å². The van der Waals surface area contributed by atoms with E-state index in [2.05, 4.69) is 5.32 Å². The Kier molecular flexibility index (Phi) is 10.7. The van der Waals surface area contributed by atoms with Gasteiger partial charge in [0.15, 0.2) is 0 Å². The van der Waals surface area contributed by atoms with E-state index in [1.807, 2.05) is 67.6 Å². The van der Waals surface area contributed by atoms with E-state index in [0.717, 1.165) is 29.0 Å². The van der Waals surface area contributed by atoms with Gasteiger partial charge in [0.05, 0.1) is 0 Å². The molecule has 2 aromatic carbocycles. The smallest absolute Gasteiger partial charge is 0.425 e. The Labute approximate surface area is 172 Å². The van der Waals surface area contributed by atoms with Gasteiger partial charge in [0, 0.05) is 6.54 Å². The first-order valence-corrected chi connectivity index (χ1v) is 9.18. The average Bonchev–Trinajstić information content (AvgIpc) is 2.72. The Morgan fingerprint density at radius 2 is 1.61 bits per heavy atom. The zero-order chi connectivity index (χ0) is 19.5. The third kappa shape index (κ3) is 7.58. The van der Waals surface area contributed by atoms with E-state index in [0.29, 0.717) is 13.0 Å². The molecule has 2 amide bonds. The van der Waals surface area contributed by atoms with Crippen molar-refractivity contribution in [3.8, 4) is 0 Å². The Bertz CT molecular complexity index is 713. The maximum absolute atomic E-state index is 12.6. The molecule has 28 heavy (non-hydrogen) atoms. The molecular formula is C21H28ClN3O3. The monoisotopic (exact) mass is 405 g/mol. The molecule has 2 aromatic rings. The number of amides is 2. The van der Waals surface area contributed by atoms with Crippen LogP contribution in [0.3, 0.4) is 0 Å². The Balaban J connectivity index is 0.00000392. The van der Waals surface area contributed by atoms with Gasteiger partial charge in [-0.05, 0) is 17.5 Å². The quantitative estimate of drug-likeness (QED) is 0.377. The predicted octanol–water partition coefficient (Wildman–Crippen LogP) is 3.80. The molecule has 1 unspecified atom stereocenters. The molecule has 0 saturated heterocycles. The van der Waals surface area contributed by atoms with Crippen LogP contribution in [0.25, 0.3) is 0 Å². The number of benzene rings is 2. The largest absolute Gasteiger partial charge is 0.444 e. The summed E-state index contributed by atoms with van der Waals surface area (Å²) in [7, 11) is 0. The molecule has 152 valence electrons. The summed E-state index contributed by atoms with van der Waals surface area (Å²) >= 11 is 0. The minimum atomic E-state index is -0.767. The lowest BCUT2D eigenvalue weighted by Gasteiger charge is -2.26. The van der Waals surface area contributed by atoms with Crippen LogP contribution < -0.4 is 11.2 Å². The molecule has 0 aromatic heterocycles. The average molecular weight is 406 g/mol. The number of hydrogen-bond acceptors (Lipinski definition) is 4. The van der Waals surface area contributed by atoms with Gasteiger partial charge in [-0.25, -0.2) is 15.6 Å². The van der Waals surface area contributed by atoms with Crippen molar-refractivity contribution in [3.05, 3.63) is 71.8 Å². The second-order valence-corrected chi connectivity index (χ2v) is 6.31. The number of nitrogens with two attached hydrogens (primary N) is 1. The molecule has 0 aliphatic rings. The predicted molar refractivity (Wildman–Crippen MR) is 112 cm³/mol. The highest BCUT2D eigenvalue weighted by Crippen LogP contribution is 2.10. The van der Waals surface area contributed by atoms with Crippen molar-refractivity contribution >= 4 is 24.4 Å². The normalized spacial score (nSPS) is 11.1. The number of hydrazine groups is 1. The van der Waals surface area contributed by atoms with E-state index in [4.69, 9.17) is 10.6 Å². The fourth-order valence-electron chi connectivity index (χ4n) is 2.62. The number of unbranched alkanes of at least 4 members (excludes halogenated alkanes) is 1. The number of nitrogens with zero attached hydrogens (tertiary/aromatic N) is 1. The van der Waals surface area contributed by atoms with Crippen molar-refractivity contribution in [2.75, 3.05) is 0 Å². The first-order valence-electron chi connectivity index (χ1n) is 9.18. The van der Waals surface area contributed by atoms with Gasteiger partial charge in [-0.1, -0.05) is 80.4 Å². The van der Waals surface area contributed by atoms with Crippen LogP contribution in [0.15, 0.2) is 60.7 Å². The summed E-state index contributed by atoms with van der Waals surface area (Å²) in [4.78, 5) is 24.9. The van der Waals surface area contributed by atoms with Crippen molar-refractivity contribution in [1.29, 1.82) is 0 Å². The molecule has 0 bridgehead atoms. The van der Waals surface area contributed by atoms with E-state index in [9.17, 15) is 9.59 Å². The van der Waals surface area contributed by atoms with Gasteiger partial charge in [-0.2, -0.15) is 0 Å². The van der Waals surface area contributed by atoms with Gasteiger partial charge in [0.25, 0.3) is 0 Å². The van der Waals surface area contributed by atoms with E-state index in [1.54, 1.807) is 0 Å². The Hall–Kier alpha value is -2.57. The summed E-state index contributed by atoms with van der Waals surface area (Å²) < 4.78 is 5.25. The highest BCUT2D eigenvalue weighted by atomic mass is 35.5. The van der Waals surface area contributed by atoms with E-state index >= 15 is 0 Å². The van der Waals surface area contributed by atoms with Gasteiger partial charge in [0.1, 0.15) is 12.6 Å². The summed E-state index contributed by atoms with van der Waals surface area (Å²) in [6.45, 7) is 2.52. The number of halogens is 1. The SMILES string of the molecule is CCCCC(C(=O)NCc1ccccc1)N(N)C(=O)OCc1ccccc1.Cl. The van der Waals surface area contributed by atoms with Gasteiger partial charge in [-0.15, -0.1) is 12.4 Å². The molecule has 0 aliphatic heterocycles. The third-order valence-electron chi connectivity index (χ3n) is 4.20. The van der Waals surface area contributed by atoms with Crippen molar-refractivity contribution in [2.24, 2.45) is 5.84 Å². The summed E-state index contributed by atoms with van der Waals surface area (Å²) in [5.41, 5.74) is 1.84. The molecular weight excluding hydrogens is 378 g/mol. The zero-order valence-corrected chi connectivity index (χ0v) is 16.9. The molecule has 0 saturated carbocycles. The third-order valence-corrected chi connectivity index (χ3v) is 4.20. The lowest BCUT2D eigenvalue weighted by atomic mass is 10.1. The van der Waals surface area contributed by atoms with Crippen LogP contribution in [0.2, 0.25) is 0 Å². The molecule has 1 atom stereocenters. The van der Waals surface area contributed by atoms with Gasteiger partial charge in [-0.3, -0.25) is 4.79 Å². The lowest BCUT2D eigenvalue weighted by Crippen LogP contribution is -2.53. The maximum Gasteiger partial charge on any atom is 0.425 e. The maximum atomic E-state index is 12.6. The summed E-state index contributed by atoms with van der Waals surface area (Å²) in [5, 5.41) is 3.75. The number of hydrogen-bond donors (Lipinski definition) is 2. The topological polar surface area (TPSA) is 84.7 Å². The highest BCUT2D eigenvalue weighted by Gasteiger charge is 2.28. The van der Waals surface area contributed by atoms with Crippen molar-refractivity contribution in [1.82, 2.24) is 10.3 Å². The summed E-state index contributed by atoms with van der Waals surface area (Å²) in [5.74, 6) is 5.65. The number of carbonyl (C=O) groups excluding carboxylic acids is 2. The van der Waals surface area contributed by atoms with E-state index in [1.165, 1.54) is 0 Å². The first-order chi connectivity index (χ1) is 13.1. The standard InChI is InChI=1S/C21H27N3O3.ClH/c1-2-3-14-19(20(25)23-15-17-10-6-4-7-11-17)24(22)21(26)27-16-18-12-8-5-9-13-18;/h4-13,19H,2-3,14-16,22H2,1H3,(H,23,25);1H. The van der Waals surface area contributed by atoms with Crippen LogP contribution in [0, 0.1) is 0 Å². The van der Waals surface area contributed by atoms with Crippen LogP contribution in [-0.4, -0.2) is 23.1 Å². The molecule has 7 heteroatoms. The van der Waals surface area contributed by atoms with Crippen LogP contribution >= 0.6 is 12.4 Å². The first kappa shape index (κ1) is 23.5. The van der Waals surface area contributed by atoms with Gasteiger partial charge in [0.2, 0.25) is 5.91 Å². The molecule has 6 nitrogen and oxygen atoms in total. The number of carbonyl (C=O) groups is 2. The van der Waals surface area contributed by atoms with Crippen LogP contribution in [-0.2, 0) is 22.7 Å². The molecule has 0 aliphatic carbocycles. The van der Waals surface area contributed by atoms with Gasteiger partial charge >= 0.3 is 6.09 Å². The lowest BCUT2D eigenvalue weighted by molar-refractivity contribution is -0.126. The second-order valence-electron chi connectivity index (χ2n) is 6.31. The fraction of sp³-hybridized carbons (Fsp3) is 0.333. The second kappa shape index (κ2) is 12.8. The molecule has 2 rings (SSSR count). The number of rotatable bonds is 9. The van der Waals surface area contributed by atoms with Gasteiger partial charge < -0.3 is 10.1 Å². The summed E-state index contributed by atoms with van der Waals surface area (Å²) in [6, 6.07) is 18.2. The fourth-order valence-corrected chi connectivity index (χ4v) is 2.62. The molecule has 0 heterocycles. The number of nitrogens with one attached hydrogen (secondary N) is 1. The highest BCUT2D eigenvalue weighted by molar-refractivity contribution is 5.85. The molecule has 0 spiro atoms. The van der Waals surface area contributed by atoms with Crippen molar-refractivity contribution in [2.45, 2.75) is 45.4 Å². The minimum Gasteiger partial charge on any atom is -0.444 e. The van der Waals surface area contributed by atoms with Crippen LogP contribution in [0.1, 0.15) is 37.3 Å². The molecule has 3 N–H and O–H groups in total. The van der Waals surface area contributed by atoms with E-state index in [-0.39, 0.29) is 24.9 Å². The Morgan fingerprint density at radius 1 is 1.04 bits per heavy atom. The number of ether oxygens (including phenoxy) is 1. The Morgan fingerprint density at radius 3 is 2.18 bits per heavy atom. The minimum absolute atomic E-state index is 0. The van der Waals surface area contributed by atoms with Crippen LogP contribution in [0.4, 0.5) is 4.79 Å². The van der Waals surface area contributed by atoms with Crippen molar-refractivity contribution in [3.63, 3.8) is 0 Å². The zero-order valence-electron chi connectivity index (χ0n) is 16.0. The summed E-state index contributed by atoms with van der Waals surface area (Å²) in [6.07, 6.45) is 1.45. The van der Waals surface area contributed by atoms with E-state index < -0.39 is 12.1 Å².